The Labute approximate surface area is 176 Å². The lowest BCUT2D eigenvalue weighted by Gasteiger charge is -2.41. The summed E-state index contributed by atoms with van der Waals surface area (Å²) in [5.74, 6) is -0.274. The average Bonchev–Trinajstić information content (AvgIpc) is 3.59. The van der Waals surface area contributed by atoms with E-state index in [1.54, 1.807) is 17.3 Å². The summed E-state index contributed by atoms with van der Waals surface area (Å²) in [5.41, 5.74) is 1.98. The summed E-state index contributed by atoms with van der Waals surface area (Å²) in [6, 6.07) is 12.2. The lowest BCUT2D eigenvalue weighted by Crippen LogP contribution is -2.62. The minimum absolute atomic E-state index is 0.00213. The smallest absolute Gasteiger partial charge is 0.254 e. The molecule has 0 unspecified atom stereocenters. The minimum Gasteiger partial charge on any atom is -0.375 e. The van der Waals surface area contributed by atoms with Gasteiger partial charge in [0, 0.05) is 38.5 Å². The molecule has 30 heavy (non-hydrogen) atoms. The lowest BCUT2D eigenvalue weighted by atomic mass is 9.89. The van der Waals surface area contributed by atoms with Gasteiger partial charge in [0.1, 0.15) is 6.61 Å². The molecule has 1 aliphatic heterocycles. The standard InChI is InChI=1S/C23H27N3O4/c1-29-15-21(27)26-11-12-30-23(16-26,22(28)25-20-5-6-20)14-17-3-2-4-19(13-17)18-7-9-24-10-8-18/h2-4,7-10,13,20H,5-6,11-12,14-16H2,1H3,(H,25,28)/t23-/m0/s1. The molecule has 4 rings (SSSR count). The summed E-state index contributed by atoms with van der Waals surface area (Å²) in [6.07, 6.45) is 5.89. The molecular weight excluding hydrogens is 382 g/mol. The molecular formula is C23H27N3O4. The van der Waals surface area contributed by atoms with Gasteiger partial charge < -0.3 is 19.7 Å². The summed E-state index contributed by atoms with van der Waals surface area (Å²) >= 11 is 0. The van der Waals surface area contributed by atoms with Crippen LogP contribution in [0.4, 0.5) is 0 Å². The number of pyridine rings is 1. The Hall–Kier alpha value is -2.77. The van der Waals surface area contributed by atoms with E-state index in [4.69, 9.17) is 9.47 Å². The van der Waals surface area contributed by atoms with Crippen molar-refractivity contribution in [3.05, 3.63) is 54.4 Å². The van der Waals surface area contributed by atoms with E-state index in [1.165, 1.54) is 7.11 Å². The molecule has 158 valence electrons. The maximum atomic E-state index is 13.2. The molecule has 0 radical (unpaired) electrons. The van der Waals surface area contributed by atoms with E-state index in [0.29, 0.717) is 19.6 Å². The number of aromatic nitrogens is 1. The number of hydrogen-bond donors (Lipinski definition) is 1. The zero-order valence-corrected chi connectivity index (χ0v) is 17.2. The molecule has 1 N–H and O–H groups in total. The largest absolute Gasteiger partial charge is 0.375 e. The second kappa shape index (κ2) is 8.93. The van der Waals surface area contributed by atoms with Crippen molar-refractivity contribution >= 4 is 11.8 Å². The van der Waals surface area contributed by atoms with E-state index in [9.17, 15) is 9.59 Å². The van der Waals surface area contributed by atoms with Crippen LogP contribution in [0.3, 0.4) is 0 Å². The Balaban J connectivity index is 1.60. The molecule has 1 saturated carbocycles. The number of carbonyl (C=O) groups excluding carboxylic acids is 2. The Kier molecular flexibility index (Phi) is 6.11. The Morgan fingerprint density at radius 2 is 2.03 bits per heavy atom. The number of morpholine rings is 1. The van der Waals surface area contributed by atoms with Crippen LogP contribution in [0, 0.1) is 0 Å². The number of methoxy groups -OCH3 is 1. The summed E-state index contributed by atoms with van der Waals surface area (Å²) < 4.78 is 11.1. The van der Waals surface area contributed by atoms with Gasteiger partial charge in [-0.05, 0) is 41.7 Å². The predicted molar refractivity (Wildman–Crippen MR) is 112 cm³/mol. The van der Waals surface area contributed by atoms with Gasteiger partial charge >= 0.3 is 0 Å². The van der Waals surface area contributed by atoms with Crippen LogP contribution in [-0.2, 0) is 25.5 Å². The molecule has 7 heteroatoms. The highest BCUT2D eigenvalue weighted by atomic mass is 16.5. The molecule has 1 aromatic carbocycles. The van der Waals surface area contributed by atoms with E-state index in [2.05, 4.69) is 16.4 Å². The maximum absolute atomic E-state index is 13.2. The normalized spacial score (nSPS) is 21.3. The third-order valence-corrected chi connectivity index (χ3v) is 5.56. The van der Waals surface area contributed by atoms with Crippen molar-refractivity contribution in [1.82, 2.24) is 15.2 Å². The van der Waals surface area contributed by atoms with E-state index in [1.807, 2.05) is 30.3 Å². The Morgan fingerprint density at radius 1 is 1.23 bits per heavy atom. The highest BCUT2D eigenvalue weighted by molar-refractivity contribution is 5.88. The monoisotopic (exact) mass is 409 g/mol. The number of amides is 2. The predicted octanol–water partition coefficient (Wildman–Crippen LogP) is 1.81. The zero-order chi connectivity index (χ0) is 21.0. The van der Waals surface area contributed by atoms with Gasteiger partial charge in [-0.3, -0.25) is 14.6 Å². The minimum atomic E-state index is -1.11. The molecule has 0 bridgehead atoms. The number of carbonyl (C=O) groups is 2. The lowest BCUT2D eigenvalue weighted by molar-refractivity contribution is -0.167. The zero-order valence-electron chi connectivity index (χ0n) is 17.2. The highest BCUT2D eigenvalue weighted by Gasteiger charge is 2.46. The van der Waals surface area contributed by atoms with Crippen LogP contribution < -0.4 is 5.32 Å². The van der Waals surface area contributed by atoms with Crippen LogP contribution >= 0.6 is 0 Å². The fraction of sp³-hybridized carbons (Fsp3) is 0.435. The van der Waals surface area contributed by atoms with Gasteiger partial charge in [-0.1, -0.05) is 24.3 Å². The van der Waals surface area contributed by atoms with Gasteiger partial charge in [-0.2, -0.15) is 0 Å². The number of ether oxygens (including phenoxy) is 2. The first kappa shape index (κ1) is 20.5. The molecule has 2 fully saturated rings. The fourth-order valence-corrected chi connectivity index (χ4v) is 3.82. The van der Waals surface area contributed by atoms with Gasteiger partial charge in [-0.15, -0.1) is 0 Å². The summed E-state index contributed by atoms with van der Waals surface area (Å²) in [4.78, 5) is 31.4. The van der Waals surface area contributed by atoms with Gasteiger partial charge in [0.25, 0.3) is 5.91 Å². The topological polar surface area (TPSA) is 80.8 Å². The van der Waals surface area contributed by atoms with Crippen LogP contribution in [0.2, 0.25) is 0 Å². The summed E-state index contributed by atoms with van der Waals surface area (Å²) in [5, 5.41) is 3.08. The van der Waals surface area contributed by atoms with Crippen molar-refractivity contribution in [2.24, 2.45) is 0 Å². The average molecular weight is 409 g/mol. The fourth-order valence-electron chi connectivity index (χ4n) is 3.82. The summed E-state index contributed by atoms with van der Waals surface area (Å²) in [7, 11) is 1.50. The van der Waals surface area contributed by atoms with Crippen LogP contribution in [0.15, 0.2) is 48.8 Å². The first-order valence-electron chi connectivity index (χ1n) is 10.3. The first-order chi connectivity index (χ1) is 14.6. The Bertz CT molecular complexity index is 900. The number of benzene rings is 1. The third kappa shape index (κ3) is 4.68. The van der Waals surface area contributed by atoms with Crippen molar-refractivity contribution < 1.29 is 19.1 Å². The van der Waals surface area contributed by atoms with Gasteiger partial charge in [-0.25, -0.2) is 0 Å². The second-order valence-corrected chi connectivity index (χ2v) is 7.95. The Morgan fingerprint density at radius 3 is 2.77 bits per heavy atom. The third-order valence-electron chi connectivity index (χ3n) is 5.56. The molecule has 1 aromatic heterocycles. The number of rotatable bonds is 7. The van der Waals surface area contributed by atoms with Crippen molar-refractivity contribution in [3.63, 3.8) is 0 Å². The molecule has 1 saturated heterocycles. The second-order valence-electron chi connectivity index (χ2n) is 7.95. The molecule has 0 spiro atoms. The van der Waals surface area contributed by atoms with E-state index < -0.39 is 5.60 Å². The number of hydrogen-bond acceptors (Lipinski definition) is 5. The number of nitrogens with one attached hydrogen (secondary N) is 1. The number of nitrogens with zero attached hydrogens (tertiary/aromatic N) is 2. The molecule has 2 aliphatic rings. The molecule has 2 amide bonds. The van der Waals surface area contributed by atoms with Gasteiger partial charge in [0.05, 0.1) is 13.2 Å². The van der Waals surface area contributed by atoms with Crippen molar-refractivity contribution in [2.45, 2.75) is 30.9 Å². The van der Waals surface area contributed by atoms with E-state index >= 15 is 0 Å². The van der Waals surface area contributed by atoms with Crippen molar-refractivity contribution in [1.29, 1.82) is 0 Å². The molecule has 2 aromatic rings. The van der Waals surface area contributed by atoms with Crippen LogP contribution in [-0.4, -0.2) is 66.8 Å². The molecule has 7 nitrogen and oxygen atoms in total. The van der Waals surface area contributed by atoms with Gasteiger partial charge in [0.2, 0.25) is 5.91 Å². The van der Waals surface area contributed by atoms with Crippen molar-refractivity contribution in [2.75, 3.05) is 33.4 Å². The molecule has 1 atom stereocenters. The van der Waals surface area contributed by atoms with Crippen molar-refractivity contribution in [3.8, 4) is 11.1 Å². The molecule has 2 heterocycles. The molecule has 1 aliphatic carbocycles. The first-order valence-corrected chi connectivity index (χ1v) is 10.3. The summed E-state index contributed by atoms with van der Waals surface area (Å²) in [6.45, 7) is 0.986. The van der Waals surface area contributed by atoms with Gasteiger partial charge in [0.15, 0.2) is 5.60 Å². The van der Waals surface area contributed by atoms with Crippen LogP contribution in [0.5, 0.6) is 0 Å². The van der Waals surface area contributed by atoms with E-state index in [-0.39, 0.29) is 31.0 Å². The van der Waals surface area contributed by atoms with E-state index in [0.717, 1.165) is 29.5 Å². The highest BCUT2D eigenvalue weighted by Crippen LogP contribution is 2.29. The maximum Gasteiger partial charge on any atom is 0.254 e. The quantitative estimate of drug-likeness (QED) is 0.755. The SMILES string of the molecule is COCC(=O)N1CCO[C@](Cc2cccc(-c3ccncc3)c2)(C(=O)NC2CC2)C1. The van der Waals surface area contributed by atoms with Crippen LogP contribution in [0.25, 0.3) is 11.1 Å². The van der Waals surface area contributed by atoms with Crippen LogP contribution in [0.1, 0.15) is 18.4 Å².